The van der Waals surface area contributed by atoms with Crippen molar-refractivity contribution in [3.05, 3.63) is 16.1 Å². The first kappa shape index (κ1) is 15.9. The van der Waals surface area contributed by atoms with Gasteiger partial charge in [-0.1, -0.05) is 0 Å². The summed E-state index contributed by atoms with van der Waals surface area (Å²) in [5, 5.41) is 1.05. The Kier molecular flexibility index (Phi) is 5.30. The summed E-state index contributed by atoms with van der Waals surface area (Å²) in [5.41, 5.74) is 0. The van der Waals surface area contributed by atoms with Crippen LogP contribution in [0.1, 0.15) is 16.8 Å². The van der Waals surface area contributed by atoms with Gasteiger partial charge >= 0.3 is 0 Å². The number of nitrogens with zero attached hydrogens (tertiary/aromatic N) is 4. The summed E-state index contributed by atoms with van der Waals surface area (Å²) in [4.78, 5) is 34.5. The Balaban J connectivity index is 1.77. The first-order valence-electron chi connectivity index (χ1n) is 7.09. The van der Waals surface area contributed by atoms with E-state index in [4.69, 9.17) is 0 Å². The highest BCUT2D eigenvalue weighted by Crippen LogP contribution is 2.13. The second-order valence-corrected chi connectivity index (χ2v) is 6.72. The molecule has 0 atom stereocenters. The van der Waals surface area contributed by atoms with Gasteiger partial charge in [-0.3, -0.25) is 14.5 Å². The van der Waals surface area contributed by atoms with Gasteiger partial charge in [-0.15, -0.1) is 11.3 Å². The molecule has 0 saturated carbocycles. The van der Waals surface area contributed by atoms with Crippen LogP contribution < -0.4 is 0 Å². The molecule has 0 aromatic carbocycles. The van der Waals surface area contributed by atoms with Gasteiger partial charge in [0.2, 0.25) is 11.8 Å². The minimum Gasteiger partial charge on any atom is -0.339 e. The van der Waals surface area contributed by atoms with Crippen molar-refractivity contribution in [2.24, 2.45) is 0 Å². The second kappa shape index (κ2) is 7.00. The number of likely N-dealkylation sites (N-methyl/N-ethyl adjacent to an activating group) is 1. The molecule has 116 valence electrons. The van der Waals surface area contributed by atoms with E-state index in [1.807, 2.05) is 30.0 Å². The third kappa shape index (κ3) is 4.50. The molecule has 0 bridgehead atoms. The Labute approximate surface area is 129 Å². The molecule has 0 aliphatic carbocycles. The van der Waals surface area contributed by atoms with E-state index in [1.165, 1.54) is 4.88 Å². The van der Waals surface area contributed by atoms with Crippen molar-refractivity contribution in [2.75, 3.05) is 39.8 Å². The molecule has 0 spiro atoms. The normalized spacial score (nSPS) is 15.6. The fraction of sp³-hybridized carbons (Fsp3) is 0.643. The Morgan fingerprint density at radius 3 is 2.43 bits per heavy atom. The van der Waals surface area contributed by atoms with Crippen LogP contribution in [0, 0.1) is 6.92 Å². The summed E-state index contributed by atoms with van der Waals surface area (Å²) in [6.45, 7) is 7.23. The lowest BCUT2D eigenvalue weighted by Crippen LogP contribution is -2.51. The van der Waals surface area contributed by atoms with Crippen molar-refractivity contribution in [1.82, 2.24) is 19.7 Å². The highest BCUT2D eigenvalue weighted by Gasteiger charge is 2.22. The zero-order valence-electron chi connectivity index (χ0n) is 12.8. The van der Waals surface area contributed by atoms with Gasteiger partial charge in [0.25, 0.3) is 0 Å². The van der Waals surface area contributed by atoms with Crippen LogP contribution in [-0.4, -0.2) is 71.3 Å². The predicted octanol–water partition coefficient (Wildman–Crippen LogP) is 0.574. The van der Waals surface area contributed by atoms with Crippen molar-refractivity contribution < 1.29 is 9.59 Å². The van der Waals surface area contributed by atoms with Gasteiger partial charge < -0.3 is 9.80 Å². The molecular weight excluding hydrogens is 288 g/mol. The number of carbonyl (C=O) groups excluding carboxylic acids is 2. The molecule has 1 saturated heterocycles. The summed E-state index contributed by atoms with van der Waals surface area (Å²) in [5.74, 6) is 0.210. The molecule has 1 aliphatic rings. The number of carbonyl (C=O) groups is 2. The molecule has 2 amide bonds. The maximum Gasteiger partial charge on any atom is 0.236 e. The lowest BCUT2D eigenvalue weighted by atomic mass is 10.3. The molecule has 2 heterocycles. The zero-order valence-corrected chi connectivity index (χ0v) is 13.7. The van der Waals surface area contributed by atoms with E-state index >= 15 is 0 Å². The minimum absolute atomic E-state index is 0.0831. The van der Waals surface area contributed by atoms with E-state index in [9.17, 15) is 9.59 Å². The number of aryl methyl sites for hydroxylation is 1. The maximum absolute atomic E-state index is 12.2. The van der Waals surface area contributed by atoms with E-state index in [0.29, 0.717) is 32.7 Å². The van der Waals surface area contributed by atoms with E-state index in [-0.39, 0.29) is 11.8 Å². The standard InChI is InChI=1S/C14H22N4O2S/c1-11-15-8-13(21-11)9-16(3)10-14(20)18-6-4-17(5-7-18)12(2)19/h8H,4-7,9-10H2,1-3H3. The van der Waals surface area contributed by atoms with Gasteiger partial charge in [-0.2, -0.15) is 0 Å². The van der Waals surface area contributed by atoms with Crippen LogP contribution in [0.5, 0.6) is 0 Å². The molecule has 1 aliphatic heterocycles. The molecule has 1 aromatic rings. The highest BCUT2D eigenvalue weighted by atomic mass is 32.1. The van der Waals surface area contributed by atoms with Gasteiger partial charge in [-0.25, -0.2) is 4.98 Å². The van der Waals surface area contributed by atoms with Crippen LogP contribution in [0.25, 0.3) is 0 Å². The number of thiazole rings is 1. The molecule has 1 fully saturated rings. The van der Waals surface area contributed by atoms with Gasteiger partial charge in [0.05, 0.1) is 11.6 Å². The predicted molar refractivity (Wildman–Crippen MR) is 82.0 cm³/mol. The summed E-state index contributed by atoms with van der Waals surface area (Å²) in [6, 6.07) is 0. The summed E-state index contributed by atoms with van der Waals surface area (Å²) >= 11 is 1.66. The Hall–Kier alpha value is -1.47. The lowest BCUT2D eigenvalue weighted by Gasteiger charge is -2.35. The number of rotatable bonds is 4. The fourth-order valence-electron chi connectivity index (χ4n) is 2.40. The van der Waals surface area contributed by atoms with E-state index < -0.39 is 0 Å². The van der Waals surface area contributed by atoms with Crippen molar-refractivity contribution in [3.63, 3.8) is 0 Å². The molecule has 1 aromatic heterocycles. The largest absolute Gasteiger partial charge is 0.339 e. The highest BCUT2D eigenvalue weighted by molar-refractivity contribution is 7.11. The fourth-order valence-corrected chi connectivity index (χ4v) is 3.28. The average Bonchev–Trinajstić information content (AvgIpc) is 2.83. The lowest BCUT2D eigenvalue weighted by molar-refractivity contribution is -0.139. The van der Waals surface area contributed by atoms with Crippen LogP contribution in [0.15, 0.2) is 6.20 Å². The van der Waals surface area contributed by atoms with Crippen molar-refractivity contribution in [3.8, 4) is 0 Å². The summed E-state index contributed by atoms with van der Waals surface area (Å²) in [6.07, 6.45) is 1.87. The van der Waals surface area contributed by atoms with E-state index in [0.717, 1.165) is 11.6 Å². The average molecular weight is 310 g/mol. The molecule has 0 radical (unpaired) electrons. The summed E-state index contributed by atoms with van der Waals surface area (Å²) < 4.78 is 0. The minimum atomic E-state index is 0.0831. The molecule has 2 rings (SSSR count). The third-order valence-electron chi connectivity index (χ3n) is 3.58. The van der Waals surface area contributed by atoms with Crippen molar-refractivity contribution >= 4 is 23.2 Å². The smallest absolute Gasteiger partial charge is 0.236 e. The van der Waals surface area contributed by atoms with E-state index in [2.05, 4.69) is 4.98 Å². The molecule has 21 heavy (non-hydrogen) atoms. The first-order chi connectivity index (χ1) is 9.95. The number of piperazine rings is 1. The quantitative estimate of drug-likeness (QED) is 0.816. The molecule has 0 N–H and O–H groups in total. The Bertz CT molecular complexity index is 509. The second-order valence-electron chi connectivity index (χ2n) is 5.40. The number of aromatic nitrogens is 1. The van der Waals surface area contributed by atoms with Gasteiger partial charge in [0, 0.05) is 50.7 Å². The number of hydrogen-bond acceptors (Lipinski definition) is 5. The third-order valence-corrected chi connectivity index (χ3v) is 4.48. The molecule has 0 unspecified atom stereocenters. The molecule has 7 heteroatoms. The van der Waals surface area contributed by atoms with Crippen LogP contribution in [0.4, 0.5) is 0 Å². The first-order valence-corrected chi connectivity index (χ1v) is 7.90. The van der Waals surface area contributed by atoms with Crippen LogP contribution in [0.2, 0.25) is 0 Å². The summed E-state index contributed by atoms with van der Waals surface area (Å²) in [7, 11) is 1.94. The van der Waals surface area contributed by atoms with Crippen molar-refractivity contribution in [1.29, 1.82) is 0 Å². The Morgan fingerprint density at radius 2 is 1.90 bits per heavy atom. The zero-order chi connectivity index (χ0) is 15.4. The van der Waals surface area contributed by atoms with Gasteiger partial charge in [-0.05, 0) is 14.0 Å². The molecular formula is C14H22N4O2S. The van der Waals surface area contributed by atoms with Crippen molar-refractivity contribution in [2.45, 2.75) is 20.4 Å². The van der Waals surface area contributed by atoms with Gasteiger partial charge in [0.15, 0.2) is 0 Å². The SMILES string of the molecule is CC(=O)N1CCN(C(=O)CN(C)Cc2cnc(C)s2)CC1. The maximum atomic E-state index is 12.2. The number of amides is 2. The van der Waals surface area contributed by atoms with Gasteiger partial charge in [0.1, 0.15) is 0 Å². The van der Waals surface area contributed by atoms with E-state index in [1.54, 1.807) is 23.2 Å². The number of hydrogen-bond donors (Lipinski definition) is 0. The molecule has 6 nitrogen and oxygen atoms in total. The topological polar surface area (TPSA) is 56.8 Å². The Morgan fingerprint density at radius 1 is 1.29 bits per heavy atom. The van der Waals surface area contributed by atoms with Crippen LogP contribution >= 0.6 is 11.3 Å². The van der Waals surface area contributed by atoms with Crippen LogP contribution in [-0.2, 0) is 16.1 Å². The van der Waals surface area contributed by atoms with Crippen LogP contribution in [0.3, 0.4) is 0 Å². The monoisotopic (exact) mass is 310 g/mol.